The fraction of sp³-hybridized carbons (Fsp3) is 0.222. The predicted octanol–water partition coefficient (Wildman–Crippen LogP) is 3.93. The Labute approximate surface area is 146 Å². The quantitative estimate of drug-likeness (QED) is 0.712. The molecular weight excluding hydrogens is 350 g/mol. The van der Waals surface area contributed by atoms with Gasteiger partial charge in [0.25, 0.3) is 5.91 Å². The maximum absolute atomic E-state index is 13.5. The lowest BCUT2D eigenvalue weighted by Gasteiger charge is -2.12. The van der Waals surface area contributed by atoms with Crippen molar-refractivity contribution in [3.8, 4) is 0 Å². The molecule has 3 rings (SSSR count). The van der Waals surface area contributed by atoms with Crippen LogP contribution in [0.5, 0.6) is 0 Å². The number of alkyl halides is 3. The third-order valence-electron chi connectivity index (χ3n) is 3.96. The van der Waals surface area contributed by atoms with Crippen LogP contribution in [0.25, 0.3) is 11.0 Å². The minimum atomic E-state index is -4.61. The van der Waals surface area contributed by atoms with Gasteiger partial charge in [-0.05, 0) is 36.8 Å². The van der Waals surface area contributed by atoms with Crippen LogP contribution in [0.4, 0.5) is 17.6 Å². The Balaban J connectivity index is 1.77. The minimum Gasteiger partial charge on any atom is -0.350 e. The number of fused-ring (bicyclic) bond motifs is 1. The van der Waals surface area contributed by atoms with E-state index in [0.29, 0.717) is 11.1 Å². The fourth-order valence-electron chi connectivity index (χ4n) is 2.64. The van der Waals surface area contributed by atoms with E-state index in [2.05, 4.69) is 10.3 Å². The van der Waals surface area contributed by atoms with Crippen LogP contribution in [0.2, 0.25) is 0 Å². The predicted molar refractivity (Wildman–Crippen MR) is 88.2 cm³/mol. The van der Waals surface area contributed by atoms with Crippen molar-refractivity contribution in [2.24, 2.45) is 0 Å². The van der Waals surface area contributed by atoms with Crippen LogP contribution in [-0.4, -0.2) is 22.0 Å². The van der Waals surface area contributed by atoms with Crippen molar-refractivity contribution in [1.29, 1.82) is 0 Å². The molecule has 26 heavy (non-hydrogen) atoms. The first kappa shape index (κ1) is 17.9. The topological polar surface area (TPSA) is 46.9 Å². The third kappa shape index (κ3) is 3.54. The number of halogens is 4. The highest BCUT2D eigenvalue weighted by Gasteiger charge is 2.37. The molecule has 2 aromatic carbocycles. The summed E-state index contributed by atoms with van der Waals surface area (Å²) in [7, 11) is 0. The number of carbonyl (C=O) groups excluding carboxylic acids is 1. The number of nitrogens with one attached hydrogen (secondary N) is 1. The Kier molecular flexibility index (Phi) is 4.67. The molecule has 0 radical (unpaired) electrons. The molecule has 0 aliphatic heterocycles. The van der Waals surface area contributed by atoms with Crippen molar-refractivity contribution in [3.05, 3.63) is 65.2 Å². The molecule has 0 unspecified atom stereocenters. The van der Waals surface area contributed by atoms with E-state index < -0.39 is 23.7 Å². The standard InChI is InChI=1S/C18H15F4N3O/c1-11-6-7-12(10-13(11)19)16(26)23-8-9-25-15-5-3-2-4-14(15)24-17(25)18(20,21)22/h2-7,10H,8-9H2,1H3,(H,23,26). The number of aromatic nitrogens is 2. The van der Waals surface area contributed by atoms with Gasteiger partial charge in [0.15, 0.2) is 0 Å². The van der Waals surface area contributed by atoms with Crippen LogP contribution >= 0.6 is 0 Å². The SMILES string of the molecule is Cc1ccc(C(=O)NCCn2c(C(F)(F)F)nc3ccccc32)cc1F. The van der Waals surface area contributed by atoms with Gasteiger partial charge in [-0.25, -0.2) is 9.37 Å². The first-order valence-electron chi connectivity index (χ1n) is 7.84. The molecule has 3 aromatic rings. The number of aryl methyl sites for hydroxylation is 1. The number of nitrogens with zero attached hydrogens (tertiary/aromatic N) is 2. The lowest BCUT2D eigenvalue weighted by molar-refractivity contribution is -0.146. The average Bonchev–Trinajstić information content (AvgIpc) is 2.96. The summed E-state index contributed by atoms with van der Waals surface area (Å²) in [5, 5.41) is 2.51. The molecule has 0 bridgehead atoms. The number of benzene rings is 2. The molecule has 136 valence electrons. The Bertz CT molecular complexity index is 963. The van der Waals surface area contributed by atoms with Gasteiger partial charge < -0.3 is 9.88 Å². The molecule has 1 aromatic heterocycles. The van der Waals surface area contributed by atoms with Crippen molar-refractivity contribution < 1.29 is 22.4 Å². The normalized spacial score (nSPS) is 11.7. The zero-order valence-corrected chi connectivity index (χ0v) is 13.8. The second-order valence-corrected chi connectivity index (χ2v) is 5.79. The van der Waals surface area contributed by atoms with Crippen molar-refractivity contribution in [2.75, 3.05) is 6.54 Å². The zero-order chi connectivity index (χ0) is 18.9. The number of rotatable bonds is 4. The van der Waals surface area contributed by atoms with Crippen molar-refractivity contribution in [1.82, 2.24) is 14.9 Å². The van der Waals surface area contributed by atoms with Crippen LogP contribution in [0, 0.1) is 12.7 Å². The van der Waals surface area contributed by atoms with Crippen LogP contribution in [0.15, 0.2) is 42.5 Å². The van der Waals surface area contributed by atoms with Gasteiger partial charge in [0.2, 0.25) is 5.82 Å². The van der Waals surface area contributed by atoms with E-state index in [4.69, 9.17) is 0 Å². The third-order valence-corrected chi connectivity index (χ3v) is 3.96. The monoisotopic (exact) mass is 365 g/mol. The molecular formula is C18H15F4N3O. The average molecular weight is 365 g/mol. The van der Waals surface area contributed by atoms with E-state index in [1.165, 1.54) is 24.3 Å². The maximum atomic E-state index is 13.5. The van der Waals surface area contributed by atoms with E-state index in [-0.39, 0.29) is 24.2 Å². The number of para-hydroxylation sites is 2. The lowest BCUT2D eigenvalue weighted by Crippen LogP contribution is -2.28. The van der Waals surface area contributed by atoms with Gasteiger partial charge in [0.05, 0.1) is 11.0 Å². The van der Waals surface area contributed by atoms with Gasteiger partial charge in [-0.1, -0.05) is 18.2 Å². The van der Waals surface area contributed by atoms with Gasteiger partial charge >= 0.3 is 6.18 Å². The minimum absolute atomic E-state index is 0.0578. The van der Waals surface area contributed by atoms with Gasteiger partial charge in [0.1, 0.15) is 5.82 Å². The van der Waals surface area contributed by atoms with Crippen molar-refractivity contribution >= 4 is 16.9 Å². The van der Waals surface area contributed by atoms with Crippen LogP contribution in [0.1, 0.15) is 21.7 Å². The van der Waals surface area contributed by atoms with Crippen LogP contribution in [-0.2, 0) is 12.7 Å². The summed E-state index contributed by atoms with van der Waals surface area (Å²) in [5.74, 6) is -2.09. The lowest BCUT2D eigenvalue weighted by atomic mass is 10.1. The number of amides is 1. The molecule has 8 heteroatoms. The van der Waals surface area contributed by atoms with E-state index >= 15 is 0 Å². The molecule has 0 saturated heterocycles. The van der Waals surface area contributed by atoms with Gasteiger partial charge in [0, 0.05) is 18.7 Å². The number of hydrogen-bond acceptors (Lipinski definition) is 2. The Morgan fingerprint density at radius 1 is 1.19 bits per heavy atom. The fourth-order valence-corrected chi connectivity index (χ4v) is 2.64. The highest BCUT2D eigenvalue weighted by Crippen LogP contribution is 2.31. The van der Waals surface area contributed by atoms with Gasteiger partial charge in [-0.15, -0.1) is 0 Å². The maximum Gasteiger partial charge on any atom is 0.449 e. The molecule has 0 atom stereocenters. The first-order valence-corrected chi connectivity index (χ1v) is 7.84. The Hall–Kier alpha value is -2.90. The summed E-state index contributed by atoms with van der Waals surface area (Å²) >= 11 is 0. The summed E-state index contributed by atoms with van der Waals surface area (Å²) in [4.78, 5) is 15.7. The summed E-state index contributed by atoms with van der Waals surface area (Å²) in [6.07, 6.45) is -4.61. The molecule has 1 amide bonds. The van der Waals surface area contributed by atoms with Crippen molar-refractivity contribution in [3.63, 3.8) is 0 Å². The highest BCUT2D eigenvalue weighted by atomic mass is 19.4. The molecule has 0 aliphatic carbocycles. The smallest absolute Gasteiger partial charge is 0.350 e. The Morgan fingerprint density at radius 3 is 2.62 bits per heavy atom. The summed E-state index contributed by atoms with van der Waals surface area (Å²) < 4.78 is 54.2. The Morgan fingerprint density at radius 2 is 1.92 bits per heavy atom. The van der Waals surface area contributed by atoms with E-state index in [1.807, 2.05) is 0 Å². The largest absolute Gasteiger partial charge is 0.449 e. The molecule has 1 heterocycles. The summed E-state index contributed by atoms with van der Waals surface area (Å²) in [5.41, 5.74) is 1.07. The second kappa shape index (κ2) is 6.78. The van der Waals surface area contributed by atoms with Gasteiger partial charge in [-0.2, -0.15) is 13.2 Å². The molecule has 0 spiro atoms. The molecule has 4 nitrogen and oxygen atoms in total. The number of hydrogen-bond donors (Lipinski definition) is 1. The molecule has 0 saturated carbocycles. The number of carbonyl (C=O) groups is 1. The molecule has 1 N–H and O–H groups in total. The first-order chi connectivity index (χ1) is 12.3. The molecule has 0 aliphatic rings. The highest BCUT2D eigenvalue weighted by molar-refractivity contribution is 5.94. The van der Waals surface area contributed by atoms with Crippen LogP contribution < -0.4 is 5.32 Å². The zero-order valence-electron chi connectivity index (χ0n) is 13.8. The summed E-state index contributed by atoms with van der Waals surface area (Å²) in [6, 6.07) is 10.3. The van der Waals surface area contributed by atoms with Crippen molar-refractivity contribution in [2.45, 2.75) is 19.6 Å². The summed E-state index contributed by atoms with van der Waals surface area (Å²) in [6.45, 7) is 1.40. The number of imidazole rings is 1. The van der Waals surface area contributed by atoms with Crippen LogP contribution in [0.3, 0.4) is 0 Å². The van der Waals surface area contributed by atoms with E-state index in [1.54, 1.807) is 19.1 Å². The van der Waals surface area contributed by atoms with E-state index in [0.717, 1.165) is 10.6 Å². The van der Waals surface area contributed by atoms with E-state index in [9.17, 15) is 22.4 Å². The van der Waals surface area contributed by atoms with Gasteiger partial charge in [-0.3, -0.25) is 4.79 Å². The molecule has 0 fully saturated rings. The second-order valence-electron chi connectivity index (χ2n) is 5.79.